The molecular formula is C16H15ClN2O2S. The first-order chi connectivity index (χ1) is 10.5. The van der Waals surface area contributed by atoms with Crippen LogP contribution in [0.1, 0.15) is 23.4 Å². The number of rotatable bonds is 4. The SMILES string of the molecule is C[C@H](c1ccc(Cl)cc1)S(=O)(=O)Cc1cn2ccccc2n1. The minimum absolute atomic E-state index is 0.0848. The maximum absolute atomic E-state index is 12.6. The third-order valence-electron chi connectivity index (χ3n) is 3.64. The van der Waals surface area contributed by atoms with Crippen molar-refractivity contribution in [1.29, 1.82) is 0 Å². The number of hydrogen-bond acceptors (Lipinski definition) is 3. The molecule has 0 bridgehead atoms. The number of fused-ring (bicyclic) bond motifs is 1. The molecule has 1 aromatic carbocycles. The Morgan fingerprint density at radius 1 is 1.18 bits per heavy atom. The molecule has 2 aromatic heterocycles. The van der Waals surface area contributed by atoms with Gasteiger partial charge in [-0.3, -0.25) is 0 Å². The summed E-state index contributed by atoms with van der Waals surface area (Å²) in [6.45, 7) is 1.69. The Kier molecular flexibility index (Phi) is 3.93. The van der Waals surface area contributed by atoms with Crippen molar-refractivity contribution in [2.45, 2.75) is 17.9 Å². The molecule has 0 saturated heterocycles. The Morgan fingerprint density at radius 2 is 1.91 bits per heavy atom. The summed E-state index contributed by atoms with van der Waals surface area (Å²) < 4.78 is 27.0. The van der Waals surface area contributed by atoms with Crippen molar-refractivity contribution in [1.82, 2.24) is 9.38 Å². The lowest BCUT2D eigenvalue weighted by Gasteiger charge is -2.12. The van der Waals surface area contributed by atoms with E-state index < -0.39 is 15.1 Å². The highest BCUT2D eigenvalue weighted by atomic mass is 35.5. The molecule has 0 spiro atoms. The van der Waals surface area contributed by atoms with Crippen molar-refractivity contribution in [2.24, 2.45) is 0 Å². The summed E-state index contributed by atoms with van der Waals surface area (Å²) in [6.07, 6.45) is 3.60. The Hall–Kier alpha value is -1.85. The molecule has 0 N–H and O–H groups in total. The first kappa shape index (κ1) is 15.1. The zero-order chi connectivity index (χ0) is 15.7. The van der Waals surface area contributed by atoms with Gasteiger partial charge < -0.3 is 4.40 Å². The number of benzene rings is 1. The van der Waals surface area contributed by atoms with Crippen LogP contribution in [-0.4, -0.2) is 17.8 Å². The second kappa shape index (κ2) is 5.74. The van der Waals surface area contributed by atoms with E-state index >= 15 is 0 Å². The van der Waals surface area contributed by atoms with Crippen LogP contribution in [0.15, 0.2) is 54.9 Å². The van der Waals surface area contributed by atoms with E-state index in [-0.39, 0.29) is 5.75 Å². The van der Waals surface area contributed by atoms with Crippen molar-refractivity contribution in [3.05, 3.63) is 71.1 Å². The van der Waals surface area contributed by atoms with Crippen molar-refractivity contribution >= 4 is 27.1 Å². The largest absolute Gasteiger partial charge is 0.307 e. The fourth-order valence-electron chi connectivity index (χ4n) is 2.33. The first-order valence-corrected chi connectivity index (χ1v) is 8.95. The van der Waals surface area contributed by atoms with Gasteiger partial charge in [-0.25, -0.2) is 13.4 Å². The van der Waals surface area contributed by atoms with Crippen LogP contribution in [0.2, 0.25) is 5.02 Å². The van der Waals surface area contributed by atoms with Gasteiger partial charge in [0.05, 0.1) is 16.7 Å². The number of aromatic nitrogens is 2. The average molecular weight is 335 g/mol. The second-order valence-electron chi connectivity index (χ2n) is 5.20. The summed E-state index contributed by atoms with van der Waals surface area (Å²) in [5.41, 5.74) is 2.02. The lowest BCUT2D eigenvalue weighted by Crippen LogP contribution is -2.13. The van der Waals surface area contributed by atoms with E-state index in [2.05, 4.69) is 4.98 Å². The van der Waals surface area contributed by atoms with Gasteiger partial charge in [0, 0.05) is 17.4 Å². The van der Waals surface area contributed by atoms with Crippen LogP contribution in [-0.2, 0) is 15.6 Å². The van der Waals surface area contributed by atoms with Gasteiger partial charge in [-0.05, 0) is 36.8 Å². The second-order valence-corrected chi connectivity index (χ2v) is 7.96. The number of nitrogens with zero attached hydrogens (tertiary/aromatic N) is 2. The summed E-state index contributed by atoms with van der Waals surface area (Å²) in [6, 6.07) is 12.5. The molecule has 22 heavy (non-hydrogen) atoms. The smallest absolute Gasteiger partial charge is 0.162 e. The molecule has 0 aliphatic heterocycles. The van der Waals surface area contributed by atoms with Crippen molar-refractivity contribution < 1.29 is 8.42 Å². The summed E-state index contributed by atoms with van der Waals surface area (Å²) in [4.78, 5) is 4.35. The normalized spacial score (nSPS) is 13.4. The molecule has 2 heterocycles. The Balaban J connectivity index is 1.87. The fourth-order valence-corrected chi connectivity index (χ4v) is 3.83. The Labute approximate surface area is 134 Å². The molecule has 3 rings (SSSR count). The van der Waals surface area contributed by atoms with E-state index in [1.165, 1.54) is 0 Å². The fraction of sp³-hybridized carbons (Fsp3) is 0.188. The molecule has 0 radical (unpaired) electrons. The molecule has 4 nitrogen and oxygen atoms in total. The molecule has 0 fully saturated rings. The van der Waals surface area contributed by atoms with Crippen molar-refractivity contribution in [2.75, 3.05) is 0 Å². The average Bonchev–Trinajstić information content (AvgIpc) is 2.88. The summed E-state index contributed by atoms with van der Waals surface area (Å²) in [7, 11) is -3.35. The molecule has 0 unspecified atom stereocenters. The molecule has 0 aliphatic rings. The Bertz CT molecular complexity index is 868. The van der Waals surface area contributed by atoms with Crippen LogP contribution in [0.3, 0.4) is 0 Å². The number of sulfone groups is 1. The molecule has 114 valence electrons. The summed E-state index contributed by atoms with van der Waals surface area (Å²) >= 11 is 5.84. The van der Waals surface area contributed by atoms with Gasteiger partial charge in [0.15, 0.2) is 9.84 Å². The van der Waals surface area contributed by atoms with Crippen LogP contribution >= 0.6 is 11.6 Å². The van der Waals surface area contributed by atoms with Gasteiger partial charge in [-0.1, -0.05) is 29.8 Å². The highest BCUT2D eigenvalue weighted by Gasteiger charge is 2.24. The number of imidazole rings is 1. The molecule has 0 aliphatic carbocycles. The van der Waals surface area contributed by atoms with Crippen LogP contribution in [0.4, 0.5) is 0 Å². The molecule has 1 atom stereocenters. The first-order valence-electron chi connectivity index (χ1n) is 6.85. The van der Waals surface area contributed by atoms with Gasteiger partial charge in [-0.15, -0.1) is 0 Å². The quantitative estimate of drug-likeness (QED) is 0.731. The third kappa shape index (κ3) is 3.00. The van der Waals surface area contributed by atoms with Crippen LogP contribution in [0.5, 0.6) is 0 Å². The zero-order valence-electron chi connectivity index (χ0n) is 12.0. The summed E-state index contributed by atoms with van der Waals surface area (Å²) in [5, 5.41) is -0.0109. The highest BCUT2D eigenvalue weighted by Crippen LogP contribution is 2.26. The Morgan fingerprint density at radius 3 is 2.59 bits per heavy atom. The van der Waals surface area contributed by atoms with E-state index in [4.69, 9.17) is 11.6 Å². The predicted octanol–water partition coefficient (Wildman–Crippen LogP) is 3.66. The van der Waals surface area contributed by atoms with Crippen LogP contribution in [0, 0.1) is 0 Å². The third-order valence-corrected chi connectivity index (χ3v) is 5.94. The van der Waals surface area contributed by atoms with E-state index in [1.54, 1.807) is 37.4 Å². The van der Waals surface area contributed by atoms with E-state index in [9.17, 15) is 8.42 Å². The van der Waals surface area contributed by atoms with Gasteiger partial charge >= 0.3 is 0 Å². The summed E-state index contributed by atoms with van der Waals surface area (Å²) in [5.74, 6) is -0.0848. The standard InChI is InChI=1S/C16H15ClN2O2S/c1-12(13-5-7-14(17)8-6-13)22(20,21)11-15-10-19-9-3-2-4-16(19)18-15/h2-10,12H,11H2,1H3/t12-/m1/s1. The predicted molar refractivity (Wildman–Crippen MR) is 87.7 cm³/mol. The van der Waals surface area contributed by atoms with E-state index in [0.717, 1.165) is 11.2 Å². The van der Waals surface area contributed by atoms with Gasteiger partial charge in [0.1, 0.15) is 5.65 Å². The zero-order valence-corrected chi connectivity index (χ0v) is 13.6. The van der Waals surface area contributed by atoms with Crippen molar-refractivity contribution in [3.8, 4) is 0 Å². The van der Waals surface area contributed by atoms with Gasteiger partial charge in [0.2, 0.25) is 0 Å². The lowest BCUT2D eigenvalue weighted by molar-refractivity contribution is 0.585. The van der Waals surface area contributed by atoms with E-state index in [0.29, 0.717) is 10.7 Å². The lowest BCUT2D eigenvalue weighted by atomic mass is 10.2. The number of pyridine rings is 1. The van der Waals surface area contributed by atoms with E-state index in [1.807, 2.05) is 28.8 Å². The molecular weight excluding hydrogens is 320 g/mol. The maximum Gasteiger partial charge on any atom is 0.162 e. The molecule has 0 amide bonds. The van der Waals surface area contributed by atoms with Crippen LogP contribution < -0.4 is 0 Å². The topological polar surface area (TPSA) is 51.4 Å². The van der Waals surface area contributed by atoms with Gasteiger partial charge in [0.25, 0.3) is 0 Å². The molecule has 6 heteroatoms. The highest BCUT2D eigenvalue weighted by molar-refractivity contribution is 7.90. The maximum atomic E-state index is 12.6. The number of hydrogen-bond donors (Lipinski definition) is 0. The molecule has 0 saturated carbocycles. The van der Waals surface area contributed by atoms with Gasteiger partial charge in [-0.2, -0.15) is 0 Å². The van der Waals surface area contributed by atoms with Crippen molar-refractivity contribution in [3.63, 3.8) is 0 Å². The van der Waals surface area contributed by atoms with Crippen LogP contribution in [0.25, 0.3) is 5.65 Å². The monoisotopic (exact) mass is 334 g/mol. The molecule has 3 aromatic rings. The number of halogens is 1. The minimum atomic E-state index is -3.35. The minimum Gasteiger partial charge on any atom is -0.307 e.